The minimum atomic E-state index is -0.232. The van der Waals surface area contributed by atoms with Crippen molar-refractivity contribution in [2.24, 2.45) is 22.2 Å². The van der Waals surface area contributed by atoms with Gasteiger partial charge >= 0.3 is 0 Å². The zero-order valence-electron chi connectivity index (χ0n) is 12.2. The van der Waals surface area contributed by atoms with Crippen LogP contribution in [-0.4, -0.2) is 35.3 Å². The van der Waals surface area contributed by atoms with Gasteiger partial charge < -0.3 is 21.4 Å². The minimum Gasteiger partial charge on any atom is -0.409 e. The van der Waals surface area contributed by atoms with Crippen LogP contribution in [0.25, 0.3) is 0 Å². The predicted octanol–water partition coefficient (Wildman–Crippen LogP) is 1.68. The highest BCUT2D eigenvalue weighted by molar-refractivity contribution is 5.85. The topological polar surface area (TPSA) is 90.9 Å². The molecule has 112 valence electrons. The molecule has 1 aliphatic carbocycles. The summed E-state index contributed by atoms with van der Waals surface area (Å²) >= 11 is 0. The number of oxime groups is 1. The Labute approximate surface area is 116 Å². The van der Waals surface area contributed by atoms with Gasteiger partial charge in [-0.3, -0.25) is 0 Å². The Hall–Kier alpha value is -0.810. The molecule has 1 aliphatic rings. The van der Waals surface area contributed by atoms with Gasteiger partial charge in [-0.2, -0.15) is 0 Å². The fourth-order valence-electron chi connectivity index (χ4n) is 2.62. The van der Waals surface area contributed by atoms with Gasteiger partial charge in [-0.25, -0.2) is 0 Å². The quantitative estimate of drug-likeness (QED) is 0.178. The monoisotopic (exact) mass is 271 g/mol. The number of hydrogen-bond donors (Lipinski definition) is 4. The molecule has 0 aliphatic heterocycles. The Bertz CT molecular complexity index is 292. The molecule has 0 aromatic carbocycles. The van der Waals surface area contributed by atoms with E-state index in [2.05, 4.69) is 10.5 Å². The summed E-state index contributed by atoms with van der Waals surface area (Å²) in [5.41, 5.74) is 5.42. The van der Waals surface area contributed by atoms with E-state index in [1.165, 1.54) is 0 Å². The van der Waals surface area contributed by atoms with E-state index in [9.17, 15) is 5.11 Å². The third kappa shape index (κ3) is 5.78. The molecule has 1 saturated carbocycles. The molecule has 0 saturated heterocycles. The van der Waals surface area contributed by atoms with E-state index in [1.54, 1.807) is 0 Å². The number of unbranched alkanes of at least 4 members (excludes halogenated alkanes) is 1. The maximum atomic E-state index is 9.43. The van der Waals surface area contributed by atoms with E-state index < -0.39 is 0 Å². The van der Waals surface area contributed by atoms with Crippen LogP contribution in [0.5, 0.6) is 0 Å². The van der Waals surface area contributed by atoms with Crippen LogP contribution < -0.4 is 11.1 Å². The summed E-state index contributed by atoms with van der Waals surface area (Å²) in [5.74, 6) is 0.948. The average molecular weight is 271 g/mol. The van der Waals surface area contributed by atoms with Crippen LogP contribution >= 0.6 is 0 Å². The largest absolute Gasteiger partial charge is 0.409 e. The first-order valence-corrected chi connectivity index (χ1v) is 7.32. The molecule has 5 N–H and O–H groups in total. The minimum absolute atomic E-state index is 0.0756. The lowest BCUT2D eigenvalue weighted by Crippen LogP contribution is -2.32. The Balaban J connectivity index is 2.02. The molecule has 1 fully saturated rings. The Morgan fingerprint density at radius 2 is 2.11 bits per heavy atom. The first-order chi connectivity index (χ1) is 8.95. The normalized spacial score (nSPS) is 24.9. The molecule has 0 heterocycles. The Morgan fingerprint density at radius 3 is 2.68 bits per heavy atom. The van der Waals surface area contributed by atoms with Crippen molar-refractivity contribution >= 4 is 5.84 Å². The van der Waals surface area contributed by atoms with E-state index >= 15 is 0 Å². The standard InChI is InChI=1S/C14H29N3O2/c1-14(2,13(15)17-19)7-3-4-8-16-10-11-5-6-12(18)9-11/h11-12,16,18-19H,3-10H2,1-2H3,(H2,15,17). The zero-order chi connectivity index (χ0) is 14.3. The van der Waals surface area contributed by atoms with Gasteiger partial charge in [-0.1, -0.05) is 25.4 Å². The van der Waals surface area contributed by atoms with Crippen molar-refractivity contribution in [1.29, 1.82) is 0 Å². The van der Waals surface area contributed by atoms with Crippen LogP contribution in [0.1, 0.15) is 52.4 Å². The van der Waals surface area contributed by atoms with Crippen molar-refractivity contribution in [2.75, 3.05) is 13.1 Å². The molecule has 5 heteroatoms. The van der Waals surface area contributed by atoms with Crippen molar-refractivity contribution in [3.05, 3.63) is 0 Å². The van der Waals surface area contributed by atoms with Gasteiger partial charge in [0.25, 0.3) is 0 Å². The van der Waals surface area contributed by atoms with Gasteiger partial charge in [0, 0.05) is 5.41 Å². The van der Waals surface area contributed by atoms with Crippen LogP contribution in [0, 0.1) is 11.3 Å². The lowest BCUT2D eigenvalue weighted by Gasteiger charge is -2.22. The second-order valence-corrected chi connectivity index (χ2v) is 6.36. The molecule has 0 bridgehead atoms. The summed E-state index contributed by atoms with van der Waals surface area (Å²) in [7, 11) is 0. The van der Waals surface area contributed by atoms with Crippen molar-refractivity contribution in [3.8, 4) is 0 Å². The molecule has 2 atom stereocenters. The summed E-state index contributed by atoms with van der Waals surface area (Å²) in [4.78, 5) is 0. The number of nitrogens with two attached hydrogens (primary N) is 1. The van der Waals surface area contributed by atoms with E-state index in [0.717, 1.165) is 51.6 Å². The second-order valence-electron chi connectivity index (χ2n) is 6.36. The van der Waals surface area contributed by atoms with Crippen molar-refractivity contribution in [1.82, 2.24) is 5.32 Å². The van der Waals surface area contributed by atoms with E-state index in [4.69, 9.17) is 10.9 Å². The number of nitrogens with zero attached hydrogens (tertiary/aromatic N) is 1. The zero-order valence-corrected chi connectivity index (χ0v) is 12.2. The van der Waals surface area contributed by atoms with E-state index in [1.807, 2.05) is 13.8 Å². The number of rotatable bonds is 8. The van der Waals surface area contributed by atoms with Crippen LogP contribution in [0.2, 0.25) is 0 Å². The summed E-state index contributed by atoms with van der Waals surface area (Å²) < 4.78 is 0. The van der Waals surface area contributed by atoms with Crippen LogP contribution in [0.4, 0.5) is 0 Å². The number of amidine groups is 1. The molecule has 0 aromatic heterocycles. The smallest absolute Gasteiger partial charge is 0.144 e. The van der Waals surface area contributed by atoms with Gasteiger partial charge in [-0.05, 0) is 51.1 Å². The van der Waals surface area contributed by atoms with Gasteiger partial charge in [0.05, 0.1) is 6.10 Å². The molecule has 0 aromatic rings. The third-order valence-electron chi connectivity index (χ3n) is 4.15. The van der Waals surface area contributed by atoms with Gasteiger partial charge in [0.15, 0.2) is 0 Å². The van der Waals surface area contributed by atoms with Crippen LogP contribution in [0.15, 0.2) is 5.16 Å². The van der Waals surface area contributed by atoms with Crippen LogP contribution in [0.3, 0.4) is 0 Å². The first-order valence-electron chi connectivity index (χ1n) is 7.32. The Kier molecular flexibility index (Phi) is 6.58. The molecule has 19 heavy (non-hydrogen) atoms. The molecule has 0 spiro atoms. The fraction of sp³-hybridized carbons (Fsp3) is 0.929. The van der Waals surface area contributed by atoms with Gasteiger partial charge in [0.2, 0.25) is 0 Å². The van der Waals surface area contributed by atoms with E-state index in [0.29, 0.717) is 11.8 Å². The lowest BCUT2D eigenvalue weighted by molar-refractivity contribution is 0.177. The summed E-state index contributed by atoms with van der Waals surface area (Å²) in [6.07, 6.45) is 6.05. The number of hydrogen-bond acceptors (Lipinski definition) is 4. The molecular formula is C14H29N3O2. The first kappa shape index (κ1) is 16.2. The maximum Gasteiger partial charge on any atom is 0.144 e. The van der Waals surface area contributed by atoms with Crippen molar-refractivity contribution < 1.29 is 10.3 Å². The van der Waals surface area contributed by atoms with Crippen molar-refractivity contribution in [2.45, 2.75) is 58.5 Å². The Morgan fingerprint density at radius 1 is 1.37 bits per heavy atom. The third-order valence-corrected chi connectivity index (χ3v) is 4.15. The molecule has 2 unspecified atom stereocenters. The molecule has 0 radical (unpaired) electrons. The number of nitrogens with one attached hydrogen (secondary N) is 1. The molecule has 1 rings (SSSR count). The molecule has 0 amide bonds. The number of aliphatic hydroxyl groups is 1. The van der Waals surface area contributed by atoms with Gasteiger partial charge in [-0.15, -0.1) is 0 Å². The highest BCUT2D eigenvalue weighted by Crippen LogP contribution is 2.25. The van der Waals surface area contributed by atoms with E-state index in [-0.39, 0.29) is 11.5 Å². The second kappa shape index (κ2) is 7.70. The fourth-order valence-corrected chi connectivity index (χ4v) is 2.62. The maximum absolute atomic E-state index is 9.43. The van der Waals surface area contributed by atoms with Crippen molar-refractivity contribution in [3.63, 3.8) is 0 Å². The summed E-state index contributed by atoms with van der Waals surface area (Å²) in [6.45, 7) is 6.00. The SMILES string of the molecule is CC(C)(CCCCNCC1CCC(O)C1)C(N)=NO. The predicted molar refractivity (Wildman–Crippen MR) is 77.3 cm³/mol. The molecular weight excluding hydrogens is 242 g/mol. The van der Waals surface area contributed by atoms with Gasteiger partial charge in [0.1, 0.15) is 5.84 Å². The molecule has 5 nitrogen and oxygen atoms in total. The highest BCUT2D eigenvalue weighted by atomic mass is 16.4. The highest BCUT2D eigenvalue weighted by Gasteiger charge is 2.23. The number of aliphatic hydroxyl groups excluding tert-OH is 1. The lowest BCUT2D eigenvalue weighted by atomic mass is 9.86. The van der Waals surface area contributed by atoms with Crippen LogP contribution in [-0.2, 0) is 0 Å². The summed E-state index contributed by atoms with van der Waals surface area (Å²) in [6, 6.07) is 0. The summed E-state index contributed by atoms with van der Waals surface area (Å²) in [5, 5.41) is 24.7. The average Bonchev–Trinajstić information content (AvgIpc) is 2.78.